The summed E-state index contributed by atoms with van der Waals surface area (Å²) in [6.45, 7) is 13.9. The zero-order valence-electron chi connectivity index (χ0n) is 17.5. The summed E-state index contributed by atoms with van der Waals surface area (Å²) >= 11 is 0. The minimum absolute atomic E-state index is 0.464. The Morgan fingerprint density at radius 1 is 0.926 bits per heavy atom. The Morgan fingerprint density at radius 3 is 2.04 bits per heavy atom. The summed E-state index contributed by atoms with van der Waals surface area (Å²) in [5.74, 6) is 0.892. The van der Waals surface area contributed by atoms with E-state index in [1.54, 1.807) is 7.11 Å². The third-order valence-electron chi connectivity index (χ3n) is 5.56. The van der Waals surface area contributed by atoms with Gasteiger partial charge in [0.25, 0.3) is 0 Å². The highest BCUT2D eigenvalue weighted by Gasteiger charge is 2.27. The number of nitrogens with zero attached hydrogens (tertiary/aromatic N) is 2. The summed E-state index contributed by atoms with van der Waals surface area (Å²) in [5.41, 5.74) is 13.3. The number of methoxy groups -OCH3 is 1. The predicted octanol–water partition coefficient (Wildman–Crippen LogP) is 4.57. The molecule has 0 saturated heterocycles. The van der Waals surface area contributed by atoms with Crippen molar-refractivity contribution in [3.8, 4) is 16.9 Å². The summed E-state index contributed by atoms with van der Waals surface area (Å²) in [5, 5.41) is 0. The Morgan fingerprint density at radius 2 is 1.52 bits per heavy atom. The Kier molecular flexibility index (Phi) is 5.66. The average molecular weight is 368 g/mol. The van der Waals surface area contributed by atoms with Crippen molar-refractivity contribution < 1.29 is 4.74 Å². The molecule has 0 atom stereocenters. The summed E-state index contributed by atoms with van der Waals surface area (Å²) in [4.78, 5) is 5.02. The van der Waals surface area contributed by atoms with Gasteiger partial charge in [-0.15, -0.1) is 0 Å². The van der Waals surface area contributed by atoms with Crippen LogP contribution in [-0.4, -0.2) is 32.3 Å². The van der Waals surface area contributed by atoms with Crippen LogP contribution in [0, 0.1) is 6.92 Å². The SMILES string of the molecule is COc1ccc(CN)cc1-c1cc2c(cc1C)N(C(C)C)CCN2C(C)C. The van der Waals surface area contributed by atoms with E-state index in [2.05, 4.69) is 62.6 Å². The molecule has 0 aliphatic carbocycles. The molecule has 0 saturated carbocycles. The molecular formula is C23H33N3O. The molecule has 0 aromatic heterocycles. The number of aryl methyl sites for hydroxylation is 1. The molecule has 0 fully saturated rings. The highest BCUT2D eigenvalue weighted by molar-refractivity contribution is 5.85. The summed E-state index contributed by atoms with van der Waals surface area (Å²) < 4.78 is 5.67. The lowest BCUT2D eigenvalue weighted by Gasteiger charge is -2.43. The van der Waals surface area contributed by atoms with Gasteiger partial charge in [0.15, 0.2) is 0 Å². The van der Waals surface area contributed by atoms with E-state index in [0.29, 0.717) is 18.6 Å². The molecular weight excluding hydrogens is 334 g/mol. The quantitative estimate of drug-likeness (QED) is 0.840. The van der Waals surface area contributed by atoms with Crippen LogP contribution in [0.1, 0.15) is 38.8 Å². The van der Waals surface area contributed by atoms with Crippen molar-refractivity contribution in [2.45, 2.75) is 53.2 Å². The topological polar surface area (TPSA) is 41.7 Å². The smallest absolute Gasteiger partial charge is 0.126 e. The maximum absolute atomic E-state index is 5.89. The van der Waals surface area contributed by atoms with Crippen molar-refractivity contribution in [1.82, 2.24) is 0 Å². The van der Waals surface area contributed by atoms with E-state index >= 15 is 0 Å². The van der Waals surface area contributed by atoms with Crippen LogP contribution in [0.2, 0.25) is 0 Å². The van der Waals surface area contributed by atoms with Crippen LogP contribution in [0.5, 0.6) is 5.75 Å². The molecule has 0 amide bonds. The molecule has 0 bridgehead atoms. The standard InChI is InChI=1S/C23H33N3O/c1-15(2)25-9-10-26(16(3)4)22-13-19(17(5)11-21(22)25)20-12-18(14-24)7-8-23(20)27-6/h7-8,11-13,15-16H,9-10,14,24H2,1-6H3. The number of ether oxygens (including phenoxy) is 1. The lowest BCUT2D eigenvalue weighted by Crippen LogP contribution is -2.46. The molecule has 0 unspecified atom stereocenters. The molecule has 2 aromatic rings. The molecule has 27 heavy (non-hydrogen) atoms. The third kappa shape index (κ3) is 3.63. The minimum Gasteiger partial charge on any atom is -0.496 e. The molecule has 2 N–H and O–H groups in total. The van der Waals surface area contributed by atoms with Gasteiger partial charge in [-0.3, -0.25) is 0 Å². The molecule has 146 valence electrons. The van der Waals surface area contributed by atoms with Crippen molar-refractivity contribution in [2.75, 3.05) is 30.0 Å². The van der Waals surface area contributed by atoms with E-state index in [4.69, 9.17) is 10.5 Å². The van der Waals surface area contributed by atoms with E-state index in [0.717, 1.165) is 30.0 Å². The first-order chi connectivity index (χ1) is 12.9. The largest absolute Gasteiger partial charge is 0.496 e. The Balaban J connectivity index is 2.21. The second-order valence-electron chi connectivity index (χ2n) is 7.97. The Hall–Kier alpha value is -2.20. The molecule has 4 nitrogen and oxygen atoms in total. The molecule has 4 heteroatoms. The molecule has 1 heterocycles. The van der Waals surface area contributed by atoms with Gasteiger partial charge in [-0.2, -0.15) is 0 Å². The van der Waals surface area contributed by atoms with Crippen LogP contribution < -0.4 is 20.3 Å². The highest BCUT2D eigenvalue weighted by atomic mass is 16.5. The van der Waals surface area contributed by atoms with Crippen LogP contribution >= 0.6 is 0 Å². The normalized spacial score (nSPS) is 14.1. The average Bonchev–Trinajstić information content (AvgIpc) is 2.65. The molecule has 1 aliphatic rings. The monoisotopic (exact) mass is 367 g/mol. The van der Waals surface area contributed by atoms with Gasteiger partial charge in [-0.05, 0) is 75.6 Å². The molecule has 0 radical (unpaired) electrons. The van der Waals surface area contributed by atoms with Gasteiger partial charge in [-0.1, -0.05) is 6.07 Å². The van der Waals surface area contributed by atoms with E-state index in [1.165, 1.54) is 22.5 Å². The number of hydrogen-bond acceptors (Lipinski definition) is 4. The molecule has 3 rings (SSSR count). The lowest BCUT2D eigenvalue weighted by atomic mass is 9.94. The number of nitrogens with two attached hydrogens (primary N) is 1. The fraction of sp³-hybridized carbons (Fsp3) is 0.478. The molecule has 0 spiro atoms. The van der Waals surface area contributed by atoms with Crippen LogP contribution in [-0.2, 0) is 6.54 Å². The van der Waals surface area contributed by atoms with E-state index in [9.17, 15) is 0 Å². The van der Waals surface area contributed by atoms with Crippen LogP contribution in [0.15, 0.2) is 30.3 Å². The Bertz CT molecular complexity index is 814. The highest BCUT2D eigenvalue weighted by Crippen LogP contribution is 2.42. The number of hydrogen-bond donors (Lipinski definition) is 1. The number of benzene rings is 2. The minimum atomic E-state index is 0.464. The van der Waals surface area contributed by atoms with E-state index < -0.39 is 0 Å². The van der Waals surface area contributed by atoms with Gasteiger partial charge >= 0.3 is 0 Å². The number of fused-ring (bicyclic) bond motifs is 1. The van der Waals surface area contributed by atoms with Crippen molar-refractivity contribution in [1.29, 1.82) is 0 Å². The summed E-state index contributed by atoms with van der Waals surface area (Å²) in [6.07, 6.45) is 0. The van der Waals surface area contributed by atoms with Gasteiger partial charge in [0.2, 0.25) is 0 Å². The molecule has 2 aromatic carbocycles. The van der Waals surface area contributed by atoms with Crippen LogP contribution in [0.4, 0.5) is 11.4 Å². The zero-order chi connectivity index (χ0) is 19.7. The van der Waals surface area contributed by atoms with Gasteiger partial charge in [0, 0.05) is 37.3 Å². The zero-order valence-corrected chi connectivity index (χ0v) is 17.5. The second-order valence-corrected chi connectivity index (χ2v) is 7.97. The summed E-state index contributed by atoms with van der Waals surface area (Å²) in [7, 11) is 1.73. The van der Waals surface area contributed by atoms with Crippen molar-refractivity contribution >= 4 is 11.4 Å². The van der Waals surface area contributed by atoms with Crippen LogP contribution in [0.3, 0.4) is 0 Å². The number of anilines is 2. The third-order valence-corrected chi connectivity index (χ3v) is 5.56. The number of rotatable bonds is 5. The first kappa shape index (κ1) is 19.6. The van der Waals surface area contributed by atoms with Crippen molar-refractivity contribution in [3.05, 3.63) is 41.5 Å². The van der Waals surface area contributed by atoms with Crippen molar-refractivity contribution in [3.63, 3.8) is 0 Å². The fourth-order valence-corrected chi connectivity index (χ4v) is 4.05. The first-order valence-corrected chi connectivity index (χ1v) is 9.92. The van der Waals surface area contributed by atoms with Gasteiger partial charge in [0.05, 0.1) is 18.5 Å². The second kappa shape index (κ2) is 7.81. The summed E-state index contributed by atoms with van der Waals surface area (Å²) in [6, 6.07) is 11.9. The Labute approximate surface area is 163 Å². The maximum Gasteiger partial charge on any atom is 0.126 e. The van der Waals surface area contributed by atoms with Gasteiger partial charge in [-0.25, -0.2) is 0 Å². The first-order valence-electron chi connectivity index (χ1n) is 9.92. The molecule has 1 aliphatic heterocycles. The van der Waals surface area contributed by atoms with E-state index in [-0.39, 0.29) is 0 Å². The van der Waals surface area contributed by atoms with E-state index in [1.807, 2.05) is 12.1 Å². The van der Waals surface area contributed by atoms with Crippen molar-refractivity contribution in [2.24, 2.45) is 5.73 Å². The van der Waals surface area contributed by atoms with Crippen LogP contribution in [0.25, 0.3) is 11.1 Å². The fourth-order valence-electron chi connectivity index (χ4n) is 4.05. The van der Waals surface area contributed by atoms with Gasteiger partial charge < -0.3 is 20.3 Å². The maximum atomic E-state index is 5.89. The van der Waals surface area contributed by atoms with Gasteiger partial charge in [0.1, 0.15) is 5.75 Å². The lowest BCUT2D eigenvalue weighted by molar-refractivity contribution is 0.416. The predicted molar refractivity (Wildman–Crippen MR) is 116 cm³/mol.